The third kappa shape index (κ3) is 2.93. The molecule has 0 amide bonds. The zero-order chi connectivity index (χ0) is 20.1. The van der Waals surface area contributed by atoms with Crippen LogP contribution < -0.4 is 9.21 Å². The number of anilines is 2. The van der Waals surface area contributed by atoms with E-state index in [9.17, 15) is 8.42 Å². The topological polar surface area (TPSA) is 79.5 Å². The molecule has 3 aromatic rings. The van der Waals surface area contributed by atoms with Gasteiger partial charge in [-0.25, -0.2) is 8.42 Å². The van der Waals surface area contributed by atoms with E-state index < -0.39 is 10.0 Å². The number of para-hydroxylation sites is 1. The van der Waals surface area contributed by atoms with Crippen LogP contribution in [0.25, 0.3) is 11.5 Å². The van der Waals surface area contributed by atoms with Crippen molar-refractivity contribution in [1.29, 1.82) is 0 Å². The maximum Gasteiger partial charge on any atom is 0.264 e. The second-order valence-corrected chi connectivity index (χ2v) is 8.90. The van der Waals surface area contributed by atoms with Crippen LogP contribution in [0.15, 0.2) is 45.8 Å². The molecular formula is C20H22N4O3S. The molecule has 2 heterocycles. The average molecular weight is 398 g/mol. The number of rotatable bonds is 3. The summed E-state index contributed by atoms with van der Waals surface area (Å²) in [5.74, 6) is 0.916. The average Bonchev–Trinajstić information content (AvgIpc) is 3.08. The van der Waals surface area contributed by atoms with Crippen LogP contribution in [0, 0.1) is 20.8 Å². The van der Waals surface area contributed by atoms with Gasteiger partial charge < -0.3 is 9.42 Å². The highest BCUT2D eigenvalue weighted by Crippen LogP contribution is 2.39. The van der Waals surface area contributed by atoms with E-state index in [4.69, 9.17) is 4.52 Å². The lowest BCUT2D eigenvalue weighted by Crippen LogP contribution is -2.43. The standard InChI is InChI=1S/C20H22N4O3S/c1-13-6-5-7-17-19(13)24(11-10-23(17)4)28(25,26)18-9-8-16(12-14(18)2)20-21-15(3)22-27-20/h5-9,12H,10-11H2,1-4H3. The Morgan fingerprint density at radius 2 is 1.82 bits per heavy atom. The van der Waals surface area contributed by atoms with Crippen molar-refractivity contribution in [2.24, 2.45) is 0 Å². The maximum atomic E-state index is 13.5. The molecule has 28 heavy (non-hydrogen) atoms. The van der Waals surface area contributed by atoms with Gasteiger partial charge in [-0.15, -0.1) is 0 Å². The van der Waals surface area contributed by atoms with E-state index in [0.717, 1.165) is 16.9 Å². The third-order valence-corrected chi connectivity index (χ3v) is 6.99. The molecule has 7 nitrogen and oxygen atoms in total. The summed E-state index contributed by atoms with van der Waals surface area (Å²) >= 11 is 0. The van der Waals surface area contributed by atoms with Gasteiger partial charge in [0.1, 0.15) is 0 Å². The molecule has 0 saturated carbocycles. The van der Waals surface area contributed by atoms with Gasteiger partial charge in [-0.2, -0.15) is 4.98 Å². The van der Waals surface area contributed by atoms with E-state index >= 15 is 0 Å². The third-order valence-electron chi connectivity index (χ3n) is 5.03. The van der Waals surface area contributed by atoms with E-state index in [0.29, 0.717) is 35.9 Å². The summed E-state index contributed by atoms with van der Waals surface area (Å²) in [6, 6.07) is 11.0. The van der Waals surface area contributed by atoms with Crippen LogP contribution >= 0.6 is 0 Å². The Morgan fingerprint density at radius 1 is 1.04 bits per heavy atom. The second-order valence-electron chi connectivity index (χ2n) is 7.07. The largest absolute Gasteiger partial charge is 0.371 e. The van der Waals surface area contributed by atoms with Crippen molar-refractivity contribution in [3.8, 4) is 11.5 Å². The van der Waals surface area contributed by atoms with E-state index in [1.807, 2.05) is 32.2 Å². The highest BCUT2D eigenvalue weighted by atomic mass is 32.2. The lowest BCUT2D eigenvalue weighted by Gasteiger charge is -2.37. The van der Waals surface area contributed by atoms with Crippen molar-refractivity contribution < 1.29 is 12.9 Å². The fourth-order valence-electron chi connectivity index (χ4n) is 3.59. The summed E-state index contributed by atoms with van der Waals surface area (Å²) < 4.78 is 33.8. The predicted octanol–water partition coefficient (Wildman–Crippen LogP) is 3.31. The highest BCUT2D eigenvalue weighted by Gasteiger charge is 2.33. The Bertz CT molecular complexity index is 1150. The van der Waals surface area contributed by atoms with Crippen LogP contribution in [0.4, 0.5) is 11.4 Å². The molecule has 0 bridgehead atoms. The van der Waals surface area contributed by atoms with Crippen molar-refractivity contribution in [2.75, 3.05) is 29.3 Å². The molecule has 1 aromatic heterocycles. The number of hydrogen-bond acceptors (Lipinski definition) is 6. The molecule has 146 valence electrons. The molecule has 1 aliphatic heterocycles. The molecule has 0 N–H and O–H groups in total. The minimum atomic E-state index is -3.71. The highest BCUT2D eigenvalue weighted by molar-refractivity contribution is 7.93. The zero-order valence-electron chi connectivity index (χ0n) is 16.3. The van der Waals surface area contributed by atoms with E-state index in [-0.39, 0.29) is 4.90 Å². The Kier molecular flexibility index (Phi) is 4.38. The molecule has 4 rings (SSSR count). The molecule has 0 atom stereocenters. The molecule has 0 aliphatic carbocycles. The van der Waals surface area contributed by atoms with Gasteiger partial charge in [0.15, 0.2) is 5.82 Å². The van der Waals surface area contributed by atoms with Gasteiger partial charge in [0.05, 0.1) is 22.8 Å². The molecular weight excluding hydrogens is 376 g/mol. The van der Waals surface area contributed by atoms with Crippen molar-refractivity contribution in [3.05, 3.63) is 53.3 Å². The van der Waals surface area contributed by atoms with Crippen LogP contribution in [-0.2, 0) is 10.0 Å². The summed E-state index contributed by atoms with van der Waals surface area (Å²) in [5.41, 5.74) is 3.94. The van der Waals surface area contributed by atoms with Gasteiger partial charge in [0, 0.05) is 19.2 Å². The van der Waals surface area contributed by atoms with Crippen LogP contribution in [0.2, 0.25) is 0 Å². The van der Waals surface area contributed by atoms with Crippen LogP contribution in [-0.4, -0.2) is 38.7 Å². The Labute approximate surface area is 164 Å². The molecule has 8 heteroatoms. The second kappa shape index (κ2) is 6.63. The number of aryl methyl sites for hydroxylation is 3. The quantitative estimate of drug-likeness (QED) is 0.673. The lowest BCUT2D eigenvalue weighted by atomic mass is 10.1. The van der Waals surface area contributed by atoms with Crippen molar-refractivity contribution in [2.45, 2.75) is 25.7 Å². The Morgan fingerprint density at radius 3 is 2.50 bits per heavy atom. The minimum Gasteiger partial charge on any atom is -0.371 e. The summed E-state index contributed by atoms with van der Waals surface area (Å²) in [5, 5.41) is 3.79. The summed E-state index contributed by atoms with van der Waals surface area (Å²) in [4.78, 5) is 6.58. The minimum absolute atomic E-state index is 0.284. The lowest BCUT2D eigenvalue weighted by molar-refractivity contribution is 0.425. The van der Waals surface area contributed by atoms with Gasteiger partial charge in [-0.3, -0.25) is 4.31 Å². The number of hydrogen-bond donors (Lipinski definition) is 0. The van der Waals surface area contributed by atoms with Crippen LogP contribution in [0.1, 0.15) is 17.0 Å². The van der Waals surface area contributed by atoms with Crippen LogP contribution in [0.5, 0.6) is 0 Å². The van der Waals surface area contributed by atoms with E-state index in [1.165, 1.54) is 4.31 Å². The normalized spacial score (nSPS) is 14.3. The molecule has 0 spiro atoms. The number of aromatic nitrogens is 2. The zero-order valence-corrected chi connectivity index (χ0v) is 17.1. The van der Waals surface area contributed by atoms with Gasteiger partial charge in [0.25, 0.3) is 15.9 Å². The molecule has 2 aromatic carbocycles. The van der Waals surface area contributed by atoms with Crippen LogP contribution in [0.3, 0.4) is 0 Å². The first kappa shape index (κ1) is 18.5. The van der Waals surface area contributed by atoms with E-state index in [2.05, 4.69) is 15.0 Å². The van der Waals surface area contributed by atoms with Gasteiger partial charge >= 0.3 is 0 Å². The summed E-state index contributed by atoms with van der Waals surface area (Å²) in [7, 11) is -1.72. The SMILES string of the molecule is Cc1noc(-c2ccc(S(=O)(=O)N3CCN(C)c4cccc(C)c43)c(C)c2)n1. The number of sulfonamides is 1. The Balaban J connectivity index is 1.79. The van der Waals surface area contributed by atoms with Crippen molar-refractivity contribution >= 4 is 21.4 Å². The van der Waals surface area contributed by atoms with Gasteiger partial charge in [-0.05, 0) is 56.2 Å². The summed E-state index contributed by atoms with van der Waals surface area (Å²) in [6.07, 6.45) is 0. The first-order valence-electron chi connectivity index (χ1n) is 9.04. The fourth-order valence-corrected chi connectivity index (χ4v) is 5.34. The Hall–Kier alpha value is -2.87. The molecule has 0 radical (unpaired) electrons. The summed E-state index contributed by atoms with van der Waals surface area (Å²) in [6.45, 7) is 6.50. The first-order chi connectivity index (χ1) is 13.3. The number of fused-ring (bicyclic) bond motifs is 1. The van der Waals surface area contributed by atoms with Gasteiger partial charge in [-0.1, -0.05) is 17.3 Å². The van der Waals surface area contributed by atoms with Gasteiger partial charge in [0.2, 0.25) is 0 Å². The number of nitrogens with zero attached hydrogens (tertiary/aromatic N) is 4. The number of likely N-dealkylation sites (N-methyl/N-ethyl adjacent to an activating group) is 1. The smallest absolute Gasteiger partial charge is 0.264 e. The maximum absolute atomic E-state index is 13.5. The number of benzene rings is 2. The monoisotopic (exact) mass is 398 g/mol. The predicted molar refractivity (Wildman–Crippen MR) is 108 cm³/mol. The molecule has 0 saturated heterocycles. The van der Waals surface area contributed by atoms with Crippen molar-refractivity contribution in [1.82, 2.24) is 10.1 Å². The molecule has 1 aliphatic rings. The molecule has 0 unspecified atom stereocenters. The molecule has 0 fully saturated rings. The van der Waals surface area contributed by atoms with Crippen molar-refractivity contribution in [3.63, 3.8) is 0 Å². The fraction of sp³-hybridized carbons (Fsp3) is 0.300. The first-order valence-corrected chi connectivity index (χ1v) is 10.5. The van der Waals surface area contributed by atoms with E-state index in [1.54, 1.807) is 32.0 Å².